The Morgan fingerprint density at radius 1 is 1.12 bits per heavy atom. The molecule has 25 heavy (non-hydrogen) atoms. The third kappa shape index (κ3) is 2.00. The number of hydrogen-bond donors (Lipinski definition) is 2. The van der Waals surface area contributed by atoms with E-state index in [2.05, 4.69) is 5.32 Å². The number of anilines is 2. The van der Waals surface area contributed by atoms with Crippen LogP contribution in [0.1, 0.15) is 33.2 Å². The quantitative estimate of drug-likeness (QED) is 0.760. The highest BCUT2D eigenvalue weighted by molar-refractivity contribution is 6.23. The molecule has 3 N–H and O–H groups in total. The van der Waals surface area contributed by atoms with E-state index >= 15 is 0 Å². The molecule has 2 aliphatic rings. The van der Waals surface area contributed by atoms with Crippen LogP contribution in [0.4, 0.5) is 11.5 Å². The molecule has 1 aromatic carbocycles. The zero-order valence-corrected chi connectivity index (χ0v) is 13.3. The number of hydrogen-bond acceptors (Lipinski definition) is 5. The number of carbonyl (C=O) groups is 3. The smallest absolute Gasteiger partial charge is 0.262 e. The van der Waals surface area contributed by atoms with E-state index in [1.165, 1.54) is 4.57 Å². The number of nitrogens with one attached hydrogen (secondary N) is 1. The van der Waals surface area contributed by atoms with Crippen LogP contribution in [0.5, 0.6) is 0 Å². The maximum atomic E-state index is 12.5. The van der Waals surface area contributed by atoms with Crippen LogP contribution in [0.3, 0.4) is 0 Å². The molecule has 2 aromatic rings. The number of amides is 3. The highest BCUT2D eigenvalue weighted by atomic mass is 16.2. The van der Waals surface area contributed by atoms with Gasteiger partial charge in [-0.2, -0.15) is 0 Å². The number of benzene rings is 1. The fraction of sp³-hybridized carbons (Fsp3) is 0.176. The van der Waals surface area contributed by atoms with Gasteiger partial charge in [0.1, 0.15) is 5.82 Å². The lowest BCUT2D eigenvalue weighted by Crippen LogP contribution is -2.26. The van der Waals surface area contributed by atoms with E-state index in [0.717, 1.165) is 17.3 Å². The van der Waals surface area contributed by atoms with Gasteiger partial charge in [0, 0.05) is 18.3 Å². The van der Waals surface area contributed by atoms with Gasteiger partial charge in [-0.25, -0.2) is 0 Å². The van der Waals surface area contributed by atoms with Crippen LogP contribution in [0.2, 0.25) is 0 Å². The van der Waals surface area contributed by atoms with Crippen molar-refractivity contribution in [2.24, 2.45) is 0 Å². The number of rotatable bonds is 2. The number of nitrogens with zero attached hydrogens (tertiary/aromatic N) is 2. The summed E-state index contributed by atoms with van der Waals surface area (Å²) in [5.74, 6) is -1.36. The number of imide groups is 1. The normalized spacial score (nSPS) is 15.4. The average Bonchev–Trinajstić information content (AvgIpc) is 3.02. The second-order valence-electron chi connectivity index (χ2n) is 5.90. The van der Waals surface area contributed by atoms with E-state index in [4.69, 9.17) is 5.73 Å². The van der Waals surface area contributed by atoms with E-state index in [1.807, 2.05) is 6.92 Å². The van der Waals surface area contributed by atoms with Crippen LogP contribution in [-0.2, 0) is 11.2 Å². The van der Waals surface area contributed by atoms with Crippen LogP contribution >= 0.6 is 0 Å². The van der Waals surface area contributed by atoms with Gasteiger partial charge >= 0.3 is 0 Å². The molecular formula is C17H14N4O4. The van der Waals surface area contributed by atoms with Crippen LogP contribution in [-0.4, -0.2) is 28.8 Å². The maximum Gasteiger partial charge on any atom is 0.262 e. The number of nitrogens with two attached hydrogens (primary N) is 1. The van der Waals surface area contributed by atoms with Crippen molar-refractivity contribution in [3.05, 3.63) is 51.3 Å². The van der Waals surface area contributed by atoms with Crippen molar-refractivity contribution >= 4 is 29.2 Å². The van der Waals surface area contributed by atoms with Crippen LogP contribution < -0.4 is 21.5 Å². The summed E-state index contributed by atoms with van der Waals surface area (Å²) in [6.45, 7) is 2.45. The van der Waals surface area contributed by atoms with Gasteiger partial charge in [0.05, 0.1) is 23.2 Å². The predicted molar refractivity (Wildman–Crippen MR) is 90.0 cm³/mol. The molecule has 3 heterocycles. The van der Waals surface area contributed by atoms with E-state index in [9.17, 15) is 19.2 Å². The van der Waals surface area contributed by atoms with Gasteiger partial charge in [0.15, 0.2) is 0 Å². The molecule has 0 spiro atoms. The number of fused-ring (bicyclic) bond motifs is 2. The first-order chi connectivity index (χ1) is 11.9. The van der Waals surface area contributed by atoms with E-state index in [1.54, 1.807) is 23.1 Å². The second kappa shape index (κ2) is 5.04. The Bertz CT molecular complexity index is 1040. The molecule has 0 atom stereocenters. The van der Waals surface area contributed by atoms with Gasteiger partial charge in [0.2, 0.25) is 5.91 Å². The molecule has 0 unspecified atom stereocenters. The molecule has 1 aromatic heterocycles. The molecule has 8 nitrogen and oxygen atoms in total. The second-order valence-corrected chi connectivity index (χ2v) is 5.90. The Morgan fingerprint density at radius 3 is 2.60 bits per heavy atom. The van der Waals surface area contributed by atoms with Crippen LogP contribution in [0, 0.1) is 0 Å². The summed E-state index contributed by atoms with van der Waals surface area (Å²) >= 11 is 0. The molecule has 0 saturated carbocycles. The molecule has 2 aliphatic heterocycles. The summed E-state index contributed by atoms with van der Waals surface area (Å²) in [7, 11) is 0. The maximum absolute atomic E-state index is 12.5. The minimum atomic E-state index is -0.630. The Morgan fingerprint density at radius 2 is 1.88 bits per heavy atom. The fourth-order valence-corrected chi connectivity index (χ4v) is 3.40. The summed E-state index contributed by atoms with van der Waals surface area (Å²) < 4.78 is 1.18. The zero-order valence-electron chi connectivity index (χ0n) is 13.3. The minimum Gasteiger partial charge on any atom is -0.384 e. The van der Waals surface area contributed by atoms with Crippen molar-refractivity contribution < 1.29 is 14.4 Å². The van der Waals surface area contributed by atoms with Gasteiger partial charge in [-0.15, -0.1) is 0 Å². The third-order valence-corrected chi connectivity index (χ3v) is 4.52. The largest absolute Gasteiger partial charge is 0.384 e. The monoisotopic (exact) mass is 338 g/mol. The molecule has 0 saturated heterocycles. The molecule has 126 valence electrons. The third-order valence-electron chi connectivity index (χ3n) is 4.52. The van der Waals surface area contributed by atoms with Crippen molar-refractivity contribution in [1.82, 2.24) is 9.88 Å². The lowest BCUT2D eigenvalue weighted by atomic mass is 10.1. The van der Waals surface area contributed by atoms with Crippen LogP contribution in [0.15, 0.2) is 29.1 Å². The Labute approximate surface area is 141 Å². The molecular weight excluding hydrogens is 324 g/mol. The number of nitrogen functional groups attached to an aromatic ring is 1. The summed E-state index contributed by atoms with van der Waals surface area (Å²) in [6, 6.07) is 6.23. The lowest BCUT2D eigenvalue weighted by molar-refractivity contribution is -0.117. The standard InChI is InChI=1S/C17H14N4O4/c1-2-20-11-4-3-9(5-8(11)6-12(20)22)21-13(23)7-10-14(15(21)18)17(25)19-16(10)24/h3-5,7H,2,6,18H2,1H3,(H,19,24,25). The summed E-state index contributed by atoms with van der Waals surface area (Å²) in [4.78, 5) is 49.8. The Hall–Kier alpha value is -3.42. The number of carbonyl (C=O) groups excluding carboxylic acids is 3. The predicted octanol–water partition coefficient (Wildman–Crippen LogP) is 0.212. The molecule has 3 amide bonds. The van der Waals surface area contributed by atoms with Crippen molar-refractivity contribution in [3.8, 4) is 5.69 Å². The van der Waals surface area contributed by atoms with Crippen molar-refractivity contribution in [3.63, 3.8) is 0 Å². The molecule has 0 bridgehead atoms. The van der Waals surface area contributed by atoms with E-state index in [-0.39, 0.29) is 29.3 Å². The molecule has 4 rings (SSSR count). The summed E-state index contributed by atoms with van der Waals surface area (Å²) in [5, 5.41) is 2.13. The first kappa shape index (κ1) is 15.1. The average molecular weight is 338 g/mol. The fourth-order valence-electron chi connectivity index (χ4n) is 3.40. The van der Waals surface area contributed by atoms with Gasteiger partial charge in [-0.1, -0.05) is 0 Å². The minimum absolute atomic E-state index is 0.00337. The Kier molecular flexibility index (Phi) is 3.05. The Balaban J connectivity index is 1.91. The SMILES string of the molecule is CCN1C(=O)Cc2cc(-n3c(N)c4c(cc3=O)C(=O)NC4=O)ccc21. The number of aromatic nitrogens is 1. The van der Waals surface area contributed by atoms with E-state index in [0.29, 0.717) is 12.2 Å². The first-order valence-corrected chi connectivity index (χ1v) is 7.77. The molecule has 0 aliphatic carbocycles. The van der Waals surface area contributed by atoms with Gasteiger partial charge in [-0.3, -0.25) is 29.1 Å². The first-order valence-electron chi connectivity index (χ1n) is 7.77. The molecule has 8 heteroatoms. The summed E-state index contributed by atoms with van der Waals surface area (Å²) in [6.07, 6.45) is 0.246. The lowest BCUT2D eigenvalue weighted by Gasteiger charge is -2.16. The van der Waals surface area contributed by atoms with Gasteiger partial charge < -0.3 is 10.6 Å². The molecule has 0 radical (unpaired) electrons. The van der Waals surface area contributed by atoms with Crippen molar-refractivity contribution in [1.29, 1.82) is 0 Å². The van der Waals surface area contributed by atoms with E-state index < -0.39 is 17.4 Å². The van der Waals surface area contributed by atoms with Crippen molar-refractivity contribution in [2.45, 2.75) is 13.3 Å². The van der Waals surface area contributed by atoms with Gasteiger partial charge in [0.25, 0.3) is 17.4 Å². The van der Waals surface area contributed by atoms with Crippen LogP contribution in [0.25, 0.3) is 5.69 Å². The highest BCUT2D eigenvalue weighted by Gasteiger charge is 2.32. The molecule has 0 fully saturated rings. The number of likely N-dealkylation sites (N-methyl/N-ethyl adjacent to an activating group) is 1. The highest BCUT2D eigenvalue weighted by Crippen LogP contribution is 2.31. The van der Waals surface area contributed by atoms with Crippen molar-refractivity contribution in [2.75, 3.05) is 17.2 Å². The number of pyridine rings is 1. The topological polar surface area (TPSA) is 114 Å². The van der Waals surface area contributed by atoms with Gasteiger partial charge in [-0.05, 0) is 30.7 Å². The zero-order chi connectivity index (χ0) is 17.9. The summed E-state index contributed by atoms with van der Waals surface area (Å²) in [5.41, 5.74) is 7.52.